The zero-order valence-electron chi connectivity index (χ0n) is 14.1. The van der Waals surface area contributed by atoms with Crippen LogP contribution < -0.4 is 10.6 Å². The Morgan fingerprint density at radius 2 is 1.92 bits per heavy atom. The summed E-state index contributed by atoms with van der Waals surface area (Å²) in [5, 5.41) is 5.86. The summed E-state index contributed by atoms with van der Waals surface area (Å²) < 4.78 is 0. The summed E-state index contributed by atoms with van der Waals surface area (Å²) in [5.74, 6) is -0.837. The van der Waals surface area contributed by atoms with Crippen LogP contribution in [0.3, 0.4) is 0 Å². The van der Waals surface area contributed by atoms with Crippen LogP contribution in [0.5, 0.6) is 0 Å². The molecule has 0 aromatic heterocycles. The maximum atomic E-state index is 12.8. The minimum Gasteiger partial charge on any atom is -0.352 e. The average Bonchev–Trinajstić information content (AvgIpc) is 2.77. The van der Waals surface area contributed by atoms with Crippen molar-refractivity contribution >= 4 is 29.4 Å². The van der Waals surface area contributed by atoms with Crippen molar-refractivity contribution in [3.63, 3.8) is 0 Å². The third kappa shape index (κ3) is 3.38. The number of carbonyl (C=O) groups is 3. The molecule has 24 heavy (non-hydrogen) atoms. The summed E-state index contributed by atoms with van der Waals surface area (Å²) in [4.78, 5) is 38.0. The molecule has 2 N–H and O–H groups in total. The molecule has 0 spiro atoms. The number of amides is 4. The van der Waals surface area contributed by atoms with Gasteiger partial charge in [-0.05, 0) is 25.8 Å². The molecule has 7 heteroatoms. The number of benzene rings is 1. The van der Waals surface area contributed by atoms with Crippen LogP contribution in [0.2, 0.25) is 5.02 Å². The van der Waals surface area contributed by atoms with Crippen molar-refractivity contribution in [3.05, 3.63) is 34.9 Å². The van der Waals surface area contributed by atoms with Crippen molar-refractivity contribution in [1.82, 2.24) is 15.5 Å². The monoisotopic (exact) mass is 351 g/mol. The lowest BCUT2D eigenvalue weighted by atomic mass is 9.92. The van der Waals surface area contributed by atoms with Crippen LogP contribution in [-0.2, 0) is 15.1 Å². The second kappa shape index (κ2) is 7.21. The zero-order chi connectivity index (χ0) is 17.9. The van der Waals surface area contributed by atoms with Crippen LogP contribution in [0.4, 0.5) is 4.79 Å². The first-order valence-corrected chi connectivity index (χ1v) is 8.39. The fraction of sp³-hybridized carbons (Fsp3) is 0.471. The van der Waals surface area contributed by atoms with Crippen LogP contribution in [-0.4, -0.2) is 35.3 Å². The average molecular weight is 352 g/mol. The van der Waals surface area contributed by atoms with E-state index >= 15 is 0 Å². The molecule has 130 valence electrons. The van der Waals surface area contributed by atoms with Crippen LogP contribution in [0.1, 0.15) is 39.2 Å². The molecule has 0 radical (unpaired) electrons. The first kappa shape index (κ1) is 18.3. The lowest BCUT2D eigenvalue weighted by Crippen LogP contribution is -2.45. The maximum absolute atomic E-state index is 12.8. The molecule has 0 aliphatic carbocycles. The molecule has 1 aromatic rings. The Labute approximate surface area is 146 Å². The normalized spacial score (nSPS) is 20.5. The van der Waals surface area contributed by atoms with Crippen LogP contribution in [0, 0.1) is 0 Å². The summed E-state index contributed by atoms with van der Waals surface area (Å²) in [5.41, 5.74) is -0.766. The number of urea groups is 1. The van der Waals surface area contributed by atoms with Gasteiger partial charge in [0.2, 0.25) is 5.91 Å². The van der Waals surface area contributed by atoms with E-state index < -0.39 is 17.5 Å². The Balaban J connectivity index is 2.17. The molecule has 0 bridgehead atoms. The van der Waals surface area contributed by atoms with Gasteiger partial charge in [-0.15, -0.1) is 0 Å². The number of imide groups is 1. The van der Waals surface area contributed by atoms with E-state index in [0.29, 0.717) is 10.6 Å². The number of carbonyl (C=O) groups excluding carboxylic acids is 3. The summed E-state index contributed by atoms with van der Waals surface area (Å²) in [6.07, 6.45) is 1.58. The predicted molar refractivity (Wildman–Crippen MR) is 91.6 cm³/mol. The van der Waals surface area contributed by atoms with Crippen LogP contribution in [0.25, 0.3) is 0 Å². The van der Waals surface area contributed by atoms with E-state index in [1.165, 1.54) is 0 Å². The second-order valence-electron chi connectivity index (χ2n) is 6.01. The first-order valence-electron chi connectivity index (χ1n) is 8.02. The molecule has 1 aliphatic rings. The topological polar surface area (TPSA) is 78.5 Å². The number of nitrogens with one attached hydrogen (secondary N) is 2. The molecular weight excluding hydrogens is 330 g/mol. The minimum atomic E-state index is -1.27. The highest BCUT2D eigenvalue weighted by atomic mass is 35.5. The smallest absolute Gasteiger partial charge is 0.325 e. The standard InChI is InChI=1S/C17H22ClN3O3/c1-4-11(5-2)19-14(22)10-21-15(23)17(3,20-16(21)24)12-8-6-7-9-13(12)18/h6-9,11H,4-5,10H2,1-3H3,(H,19,22)(H,20,24)/t17-/m1/s1. The van der Waals surface area contributed by atoms with Crippen molar-refractivity contribution in [1.29, 1.82) is 0 Å². The van der Waals surface area contributed by atoms with Gasteiger partial charge < -0.3 is 10.6 Å². The Morgan fingerprint density at radius 1 is 1.29 bits per heavy atom. The minimum absolute atomic E-state index is 0.0354. The van der Waals surface area contributed by atoms with E-state index in [-0.39, 0.29) is 18.5 Å². The molecule has 1 saturated heterocycles. The third-order valence-corrected chi connectivity index (χ3v) is 4.67. The molecule has 1 atom stereocenters. The highest BCUT2D eigenvalue weighted by Crippen LogP contribution is 2.33. The van der Waals surface area contributed by atoms with Gasteiger partial charge in [0.1, 0.15) is 12.1 Å². The van der Waals surface area contributed by atoms with Gasteiger partial charge in [0.15, 0.2) is 0 Å². The first-order chi connectivity index (χ1) is 11.3. The molecule has 1 aromatic carbocycles. The highest BCUT2D eigenvalue weighted by molar-refractivity contribution is 6.32. The van der Waals surface area contributed by atoms with Crippen LogP contribution in [0.15, 0.2) is 24.3 Å². The molecule has 6 nitrogen and oxygen atoms in total. The quantitative estimate of drug-likeness (QED) is 0.772. The summed E-state index contributed by atoms with van der Waals surface area (Å²) in [6.45, 7) is 5.22. The van der Waals surface area contributed by atoms with Crippen molar-refractivity contribution in [2.24, 2.45) is 0 Å². The SMILES string of the molecule is CCC(CC)NC(=O)CN1C(=O)N[C@](C)(c2ccccc2Cl)C1=O. The van der Waals surface area contributed by atoms with Crippen molar-refractivity contribution < 1.29 is 14.4 Å². The number of halogens is 1. The van der Waals surface area contributed by atoms with E-state index in [4.69, 9.17) is 11.6 Å². The Kier molecular flexibility index (Phi) is 5.49. The number of hydrogen-bond donors (Lipinski definition) is 2. The fourth-order valence-electron chi connectivity index (χ4n) is 2.80. The van der Waals surface area contributed by atoms with Gasteiger partial charge in [0.05, 0.1) is 0 Å². The third-order valence-electron chi connectivity index (χ3n) is 4.34. The maximum Gasteiger partial charge on any atom is 0.325 e. The van der Waals surface area contributed by atoms with Gasteiger partial charge in [-0.3, -0.25) is 14.5 Å². The molecule has 1 heterocycles. The Hall–Kier alpha value is -2.08. The lowest BCUT2D eigenvalue weighted by molar-refractivity contribution is -0.135. The van der Waals surface area contributed by atoms with Gasteiger partial charge in [0.25, 0.3) is 5.91 Å². The van der Waals surface area contributed by atoms with Gasteiger partial charge in [-0.25, -0.2) is 4.79 Å². The largest absolute Gasteiger partial charge is 0.352 e. The molecule has 1 fully saturated rings. The van der Waals surface area contributed by atoms with Crippen molar-refractivity contribution in [2.75, 3.05) is 6.54 Å². The zero-order valence-corrected chi connectivity index (χ0v) is 14.8. The van der Waals surface area contributed by atoms with E-state index in [1.54, 1.807) is 31.2 Å². The summed E-state index contributed by atoms with van der Waals surface area (Å²) in [6, 6.07) is 6.28. The predicted octanol–water partition coefficient (Wildman–Crippen LogP) is 2.41. The van der Waals surface area contributed by atoms with Crippen LogP contribution >= 0.6 is 11.6 Å². The molecule has 4 amide bonds. The second-order valence-corrected chi connectivity index (χ2v) is 6.41. The Bertz CT molecular complexity index is 660. The number of nitrogens with zero attached hydrogens (tertiary/aromatic N) is 1. The van der Waals surface area contributed by atoms with Crippen molar-refractivity contribution in [2.45, 2.75) is 45.2 Å². The highest BCUT2D eigenvalue weighted by Gasteiger charge is 2.50. The van der Waals surface area contributed by atoms with Gasteiger partial charge in [-0.1, -0.05) is 43.6 Å². The number of rotatable bonds is 6. The molecule has 1 aliphatic heterocycles. The van der Waals surface area contributed by atoms with Gasteiger partial charge in [-0.2, -0.15) is 0 Å². The molecule has 2 rings (SSSR count). The molecule has 0 saturated carbocycles. The van der Waals surface area contributed by atoms with E-state index in [2.05, 4.69) is 10.6 Å². The lowest BCUT2D eigenvalue weighted by Gasteiger charge is -2.23. The molecule has 0 unspecified atom stereocenters. The fourth-order valence-corrected chi connectivity index (χ4v) is 3.12. The molecular formula is C17H22ClN3O3. The van der Waals surface area contributed by atoms with E-state index in [0.717, 1.165) is 17.7 Å². The summed E-state index contributed by atoms with van der Waals surface area (Å²) in [7, 11) is 0. The van der Waals surface area contributed by atoms with E-state index in [9.17, 15) is 14.4 Å². The van der Waals surface area contributed by atoms with E-state index in [1.807, 2.05) is 13.8 Å². The van der Waals surface area contributed by atoms with Crippen molar-refractivity contribution in [3.8, 4) is 0 Å². The number of hydrogen-bond acceptors (Lipinski definition) is 3. The summed E-state index contributed by atoms with van der Waals surface area (Å²) >= 11 is 6.17. The van der Waals surface area contributed by atoms with Gasteiger partial charge in [0, 0.05) is 16.6 Å². The Morgan fingerprint density at radius 3 is 2.50 bits per heavy atom. The van der Waals surface area contributed by atoms with Gasteiger partial charge >= 0.3 is 6.03 Å².